The van der Waals surface area contributed by atoms with Gasteiger partial charge in [-0.3, -0.25) is 0 Å². The van der Waals surface area contributed by atoms with E-state index >= 15 is 0 Å². The van der Waals surface area contributed by atoms with Crippen LogP contribution in [0.15, 0.2) is 17.9 Å². The van der Waals surface area contributed by atoms with Gasteiger partial charge in [-0.25, -0.2) is 0 Å². The summed E-state index contributed by atoms with van der Waals surface area (Å²) in [6.07, 6.45) is 8.64. The molecule has 1 heteroatoms. The van der Waals surface area contributed by atoms with Crippen LogP contribution in [-0.4, -0.2) is 10.7 Å². The molecule has 1 atom stereocenters. The number of hydrogen-bond donors (Lipinski definition) is 1. The van der Waals surface area contributed by atoms with Gasteiger partial charge in [0.1, 0.15) is 0 Å². The van der Waals surface area contributed by atoms with Gasteiger partial charge in [0, 0.05) is 6.42 Å². The quantitative estimate of drug-likeness (QED) is 0.450. The molecule has 0 saturated heterocycles. The van der Waals surface area contributed by atoms with E-state index in [1.165, 1.54) is 0 Å². The fraction of sp³-hybridized carbons (Fsp3) is 0.444. The van der Waals surface area contributed by atoms with Crippen molar-refractivity contribution in [1.29, 1.82) is 0 Å². The summed E-state index contributed by atoms with van der Waals surface area (Å²) in [5.41, 5.74) is 1.88. The van der Waals surface area contributed by atoms with Crippen LogP contribution in [0.5, 0.6) is 0 Å². The predicted molar refractivity (Wildman–Crippen MR) is 42.4 cm³/mol. The molecule has 0 spiro atoms. The molecule has 10 heavy (non-hydrogen) atoms. The standard InChI is InChI=1S/C9H12O/c1-4-6-8-9(3,10)7-5-2/h2,4,8,10H,7H2,1,3H3. The van der Waals surface area contributed by atoms with E-state index in [4.69, 9.17) is 6.42 Å². The Labute approximate surface area is 62.1 Å². The second-order valence-electron chi connectivity index (χ2n) is 2.34. The van der Waals surface area contributed by atoms with Crippen LogP contribution >= 0.6 is 0 Å². The Kier molecular flexibility index (Phi) is 3.57. The first-order valence-electron chi connectivity index (χ1n) is 3.16. The monoisotopic (exact) mass is 136 g/mol. The zero-order chi connectivity index (χ0) is 8.04. The Bertz CT molecular complexity index is 187. The van der Waals surface area contributed by atoms with Crippen molar-refractivity contribution in [2.45, 2.75) is 25.9 Å². The SMILES string of the molecule is C#CCC(C)(O)C=C=CC. The summed E-state index contributed by atoms with van der Waals surface area (Å²) in [4.78, 5) is 0. The van der Waals surface area contributed by atoms with Crippen LogP contribution in [0.4, 0.5) is 0 Å². The molecule has 0 aliphatic heterocycles. The van der Waals surface area contributed by atoms with Gasteiger partial charge in [-0.05, 0) is 26.0 Å². The first-order chi connectivity index (χ1) is 4.62. The van der Waals surface area contributed by atoms with Gasteiger partial charge in [-0.15, -0.1) is 18.1 Å². The van der Waals surface area contributed by atoms with E-state index in [0.717, 1.165) is 0 Å². The van der Waals surface area contributed by atoms with Crippen molar-refractivity contribution in [3.8, 4) is 12.3 Å². The molecule has 0 aliphatic carbocycles. The molecule has 0 rings (SSSR count). The fourth-order valence-corrected chi connectivity index (χ4v) is 0.521. The van der Waals surface area contributed by atoms with Crippen molar-refractivity contribution in [3.05, 3.63) is 17.9 Å². The van der Waals surface area contributed by atoms with Crippen molar-refractivity contribution in [2.24, 2.45) is 0 Å². The van der Waals surface area contributed by atoms with Crippen molar-refractivity contribution >= 4 is 0 Å². The molecule has 0 heterocycles. The third-order valence-corrected chi connectivity index (χ3v) is 1.02. The highest BCUT2D eigenvalue weighted by Gasteiger charge is 2.12. The zero-order valence-corrected chi connectivity index (χ0v) is 6.39. The highest BCUT2D eigenvalue weighted by molar-refractivity contribution is 5.04. The topological polar surface area (TPSA) is 20.2 Å². The molecule has 0 saturated carbocycles. The summed E-state index contributed by atoms with van der Waals surface area (Å²) < 4.78 is 0. The largest absolute Gasteiger partial charge is 0.384 e. The maximum absolute atomic E-state index is 9.36. The highest BCUT2D eigenvalue weighted by Crippen LogP contribution is 2.08. The maximum Gasteiger partial charge on any atom is 0.0981 e. The molecule has 0 aromatic carbocycles. The number of aliphatic hydroxyl groups is 1. The van der Waals surface area contributed by atoms with Gasteiger partial charge in [0.15, 0.2) is 0 Å². The lowest BCUT2D eigenvalue weighted by atomic mass is 10.0. The second kappa shape index (κ2) is 3.95. The summed E-state index contributed by atoms with van der Waals surface area (Å²) in [6, 6.07) is 0. The summed E-state index contributed by atoms with van der Waals surface area (Å²) in [6.45, 7) is 3.49. The molecule has 54 valence electrons. The Balaban J connectivity index is 4.15. The summed E-state index contributed by atoms with van der Waals surface area (Å²) in [5, 5.41) is 9.36. The van der Waals surface area contributed by atoms with Gasteiger partial charge in [-0.2, -0.15) is 0 Å². The summed E-state index contributed by atoms with van der Waals surface area (Å²) in [7, 11) is 0. The normalized spacial score (nSPS) is 14.2. The van der Waals surface area contributed by atoms with Crippen LogP contribution in [0.3, 0.4) is 0 Å². The zero-order valence-electron chi connectivity index (χ0n) is 6.39. The van der Waals surface area contributed by atoms with Gasteiger partial charge in [-0.1, -0.05) is 0 Å². The van der Waals surface area contributed by atoms with Crippen molar-refractivity contribution in [3.63, 3.8) is 0 Å². The van der Waals surface area contributed by atoms with Crippen LogP contribution in [0.1, 0.15) is 20.3 Å². The molecule has 0 aliphatic rings. The van der Waals surface area contributed by atoms with E-state index in [0.29, 0.717) is 6.42 Å². The summed E-state index contributed by atoms with van der Waals surface area (Å²) in [5.74, 6) is 2.38. The van der Waals surface area contributed by atoms with Gasteiger partial charge in [0.25, 0.3) is 0 Å². The molecule has 0 bridgehead atoms. The average Bonchev–Trinajstić information content (AvgIpc) is 1.84. The van der Waals surface area contributed by atoms with Crippen LogP contribution in [0.25, 0.3) is 0 Å². The van der Waals surface area contributed by atoms with Crippen molar-refractivity contribution in [2.75, 3.05) is 0 Å². The predicted octanol–water partition coefficient (Wildman–Crippen LogP) is 1.49. The van der Waals surface area contributed by atoms with E-state index in [1.54, 1.807) is 19.1 Å². The highest BCUT2D eigenvalue weighted by atomic mass is 16.3. The summed E-state index contributed by atoms with van der Waals surface area (Å²) >= 11 is 0. The molecule has 1 nitrogen and oxygen atoms in total. The number of rotatable bonds is 2. The molecule has 0 aromatic rings. The first-order valence-corrected chi connectivity index (χ1v) is 3.16. The molecular formula is C9H12O. The maximum atomic E-state index is 9.36. The van der Waals surface area contributed by atoms with Gasteiger partial charge in [0.2, 0.25) is 0 Å². The van der Waals surface area contributed by atoms with Gasteiger partial charge >= 0.3 is 0 Å². The van der Waals surface area contributed by atoms with Gasteiger partial charge in [0.05, 0.1) is 5.60 Å². The lowest BCUT2D eigenvalue weighted by Crippen LogP contribution is -2.18. The number of hydrogen-bond acceptors (Lipinski definition) is 1. The lowest BCUT2D eigenvalue weighted by Gasteiger charge is -2.12. The molecule has 0 aromatic heterocycles. The van der Waals surface area contributed by atoms with Gasteiger partial charge < -0.3 is 5.11 Å². The third kappa shape index (κ3) is 3.97. The third-order valence-electron chi connectivity index (χ3n) is 1.02. The molecule has 1 N–H and O–H groups in total. The van der Waals surface area contributed by atoms with Crippen LogP contribution in [0, 0.1) is 12.3 Å². The smallest absolute Gasteiger partial charge is 0.0981 e. The van der Waals surface area contributed by atoms with Crippen LogP contribution < -0.4 is 0 Å². The number of terminal acetylenes is 1. The fourth-order valence-electron chi connectivity index (χ4n) is 0.521. The van der Waals surface area contributed by atoms with E-state index < -0.39 is 5.60 Å². The van der Waals surface area contributed by atoms with Crippen LogP contribution in [0.2, 0.25) is 0 Å². The minimum Gasteiger partial charge on any atom is -0.384 e. The molecular weight excluding hydrogens is 124 g/mol. The lowest BCUT2D eigenvalue weighted by molar-refractivity contribution is 0.118. The van der Waals surface area contributed by atoms with Crippen LogP contribution in [-0.2, 0) is 0 Å². The Morgan fingerprint density at radius 2 is 2.30 bits per heavy atom. The Morgan fingerprint density at radius 3 is 2.70 bits per heavy atom. The Morgan fingerprint density at radius 1 is 1.70 bits per heavy atom. The van der Waals surface area contributed by atoms with E-state index in [-0.39, 0.29) is 0 Å². The van der Waals surface area contributed by atoms with E-state index in [9.17, 15) is 5.11 Å². The van der Waals surface area contributed by atoms with E-state index in [1.807, 2.05) is 6.92 Å². The minimum absolute atomic E-state index is 0.327. The molecule has 0 fully saturated rings. The molecule has 0 radical (unpaired) electrons. The first kappa shape index (κ1) is 9.04. The van der Waals surface area contributed by atoms with Crippen molar-refractivity contribution in [1.82, 2.24) is 0 Å². The minimum atomic E-state index is -0.902. The van der Waals surface area contributed by atoms with E-state index in [2.05, 4.69) is 11.7 Å². The van der Waals surface area contributed by atoms with Crippen molar-refractivity contribution < 1.29 is 5.11 Å². The Hall–Kier alpha value is -0.960. The molecule has 0 amide bonds. The molecule has 1 unspecified atom stereocenters. The average molecular weight is 136 g/mol. The second-order valence-corrected chi connectivity index (χ2v) is 2.34.